The van der Waals surface area contributed by atoms with Crippen LogP contribution < -0.4 is 10.1 Å². The number of hydrogen-bond acceptors (Lipinski definition) is 4. The van der Waals surface area contributed by atoms with Crippen LogP contribution in [-0.2, 0) is 20.5 Å². The summed E-state index contributed by atoms with van der Waals surface area (Å²) in [4.78, 5) is 0. The minimum atomic E-state index is 0.0195. The predicted molar refractivity (Wildman–Crippen MR) is 73.2 cm³/mol. The molecule has 0 aliphatic carbocycles. The van der Waals surface area contributed by atoms with Gasteiger partial charge in [-0.3, -0.25) is 9.36 Å². The van der Waals surface area contributed by atoms with Gasteiger partial charge in [0, 0.05) is 25.9 Å². The summed E-state index contributed by atoms with van der Waals surface area (Å²) in [5, 5.41) is 12.1. The molecule has 104 valence electrons. The first-order valence-electron chi connectivity index (χ1n) is 6.37. The fraction of sp³-hybridized carbons (Fsp3) is 0.538. The van der Waals surface area contributed by atoms with Crippen LogP contribution in [0.25, 0.3) is 0 Å². The van der Waals surface area contributed by atoms with E-state index in [0.717, 1.165) is 29.1 Å². The fourth-order valence-electron chi connectivity index (χ4n) is 2.42. The highest BCUT2D eigenvalue weighted by Gasteiger charge is 2.24. The molecular formula is C13H21N5O. The molecule has 0 fully saturated rings. The Hall–Kier alpha value is -1.82. The van der Waals surface area contributed by atoms with Crippen molar-refractivity contribution in [2.45, 2.75) is 19.4 Å². The van der Waals surface area contributed by atoms with Crippen LogP contribution in [0.15, 0.2) is 12.4 Å². The summed E-state index contributed by atoms with van der Waals surface area (Å²) >= 11 is 0. The number of ether oxygens (including phenoxy) is 1. The molecule has 0 aromatic carbocycles. The fourth-order valence-corrected chi connectivity index (χ4v) is 2.42. The van der Waals surface area contributed by atoms with Gasteiger partial charge < -0.3 is 10.1 Å². The second-order valence-electron chi connectivity index (χ2n) is 4.50. The van der Waals surface area contributed by atoms with E-state index in [2.05, 4.69) is 22.4 Å². The molecule has 6 nitrogen and oxygen atoms in total. The lowest BCUT2D eigenvalue weighted by molar-refractivity contribution is 0.402. The van der Waals surface area contributed by atoms with Crippen molar-refractivity contribution in [3.8, 4) is 5.75 Å². The summed E-state index contributed by atoms with van der Waals surface area (Å²) in [6.07, 6.45) is 4.68. The van der Waals surface area contributed by atoms with Crippen molar-refractivity contribution in [3.05, 3.63) is 29.3 Å². The lowest BCUT2D eigenvalue weighted by Gasteiger charge is -2.18. The lowest BCUT2D eigenvalue weighted by Crippen LogP contribution is -2.22. The predicted octanol–water partition coefficient (Wildman–Crippen LogP) is 1.03. The standard InChI is InChI=1S/C13H21N5O/c1-6-10-9(8-17(3)16-10)12(14-2)13-11(19-5)7-15-18(13)4/h7-8,12,14H,6H2,1-5H3. The van der Waals surface area contributed by atoms with Crippen molar-refractivity contribution in [1.29, 1.82) is 0 Å². The summed E-state index contributed by atoms with van der Waals surface area (Å²) in [5.74, 6) is 0.785. The van der Waals surface area contributed by atoms with Crippen molar-refractivity contribution in [2.24, 2.45) is 14.1 Å². The molecule has 1 N–H and O–H groups in total. The number of methoxy groups -OCH3 is 1. The molecule has 19 heavy (non-hydrogen) atoms. The van der Waals surface area contributed by atoms with Crippen LogP contribution in [0.4, 0.5) is 0 Å². The van der Waals surface area contributed by atoms with Crippen molar-refractivity contribution in [1.82, 2.24) is 24.9 Å². The molecule has 0 radical (unpaired) electrons. The van der Waals surface area contributed by atoms with Gasteiger partial charge in [-0.2, -0.15) is 10.2 Å². The normalized spacial score (nSPS) is 12.7. The molecule has 2 aromatic heterocycles. The molecular weight excluding hydrogens is 242 g/mol. The van der Waals surface area contributed by atoms with Gasteiger partial charge in [-0.15, -0.1) is 0 Å². The Morgan fingerprint density at radius 3 is 2.74 bits per heavy atom. The minimum Gasteiger partial charge on any atom is -0.493 e. The van der Waals surface area contributed by atoms with E-state index in [0.29, 0.717) is 0 Å². The Morgan fingerprint density at radius 1 is 1.42 bits per heavy atom. The van der Waals surface area contributed by atoms with Crippen molar-refractivity contribution >= 4 is 0 Å². The summed E-state index contributed by atoms with van der Waals surface area (Å²) in [6.45, 7) is 2.11. The number of aromatic nitrogens is 4. The molecule has 0 saturated heterocycles. The van der Waals surface area contributed by atoms with Gasteiger partial charge in [-0.25, -0.2) is 0 Å². The number of nitrogens with one attached hydrogen (secondary N) is 1. The molecule has 6 heteroatoms. The topological polar surface area (TPSA) is 56.9 Å². The Morgan fingerprint density at radius 2 is 2.16 bits per heavy atom. The molecule has 0 aliphatic heterocycles. The van der Waals surface area contributed by atoms with Crippen molar-refractivity contribution in [2.75, 3.05) is 14.2 Å². The van der Waals surface area contributed by atoms with Crippen molar-refractivity contribution in [3.63, 3.8) is 0 Å². The highest BCUT2D eigenvalue weighted by molar-refractivity contribution is 5.37. The third kappa shape index (κ3) is 2.35. The minimum absolute atomic E-state index is 0.0195. The maximum absolute atomic E-state index is 5.40. The van der Waals surface area contributed by atoms with E-state index in [1.807, 2.05) is 36.7 Å². The highest BCUT2D eigenvalue weighted by Crippen LogP contribution is 2.30. The zero-order valence-corrected chi connectivity index (χ0v) is 12.1. The second-order valence-corrected chi connectivity index (χ2v) is 4.50. The van der Waals surface area contributed by atoms with Gasteiger partial charge in [-0.1, -0.05) is 6.92 Å². The first kappa shape index (κ1) is 13.6. The molecule has 0 amide bonds. The van der Waals surface area contributed by atoms with Crippen molar-refractivity contribution < 1.29 is 4.74 Å². The summed E-state index contributed by atoms with van der Waals surface area (Å²) in [5.41, 5.74) is 3.26. The molecule has 2 heterocycles. The maximum atomic E-state index is 5.40. The SMILES string of the molecule is CCc1nn(C)cc1C(NC)c1c(OC)cnn1C. The first-order valence-corrected chi connectivity index (χ1v) is 6.37. The van der Waals surface area contributed by atoms with Crippen LogP contribution in [0.2, 0.25) is 0 Å². The third-order valence-electron chi connectivity index (χ3n) is 3.31. The van der Waals surface area contributed by atoms with Gasteiger partial charge in [0.1, 0.15) is 5.69 Å². The smallest absolute Gasteiger partial charge is 0.161 e. The number of hydrogen-bond donors (Lipinski definition) is 1. The monoisotopic (exact) mass is 263 g/mol. The van der Waals surface area contributed by atoms with Crippen LogP contribution in [-0.4, -0.2) is 33.7 Å². The van der Waals surface area contributed by atoms with E-state index in [4.69, 9.17) is 4.74 Å². The zero-order valence-electron chi connectivity index (χ0n) is 12.1. The molecule has 1 unspecified atom stereocenters. The van der Waals surface area contributed by atoms with Crippen LogP contribution in [0.1, 0.15) is 29.9 Å². The van der Waals surface area contributed by atoms with Crippen LogP contribution in [0.5, 0.6) is 5.75 Å². The number of aryl methyl sites for hydroxylation is 3. The molecule has 0 saturated carbocycles. The van der Waals surface area contributed by atoms with E-state index in [-0.39, 0.29) is 6.04 Å². The van der Waals surface area contributed by atoms with E-state index in [1.165, 1.54) is 0 Å². The Kier molecular flexibility index (Phi) is 3.90. The van der Waals surface area contributed by atoms with E-state index in [1.54, 1.807) is 13.3 Å². The quantitative estimate of drug-likeness (QED) is 0.875. The third-order valence-corrected chi connectivity index (χ3v) is 3.31. The lowest BCUT2D eigenvalue weighted by atomic mass is 10.0. The van der Waals surface area contributed by atoms with Gasteiger partial charge in [0.15, 0.2) is 5.75 Å². The highest BCUT2D eigenvalue weighted by atomic mass is 16.5. The number of rotatable bonds is 5. The molecule has 2 rings (SSSR count). The number of nitrogens with zero attached hydrogens (tertiary/aromatic N) is 4. The van der Waals surface area contributed by atoms with E-state index < -0.39 is 0 Å². The Labute approximate surface area is 113 Å². The van der Waals surface area contributed by atoms with Gasteiger partial charge in [0.05, 0.1) is 25.0 Å². The Balaban J connectivity index is 2.52. The maximum Gasteiger partial charge on any atom is 0.161 e. The largest absolute Gasteiger partial charge is 0.493 e. The first-order chi connectivity index (χ1) is 9.12. The summed E-state index contributed by atoms with van der Waals surface area (Å²) < 4.78 is 9.09. The van der Waals surface area contributed by atoms with Gasteiger partial charge in [0.25, 0.3) is 0 Å². The average molecular weight is 263 g/mol. The molecule has 0 bridgehead atoms. The van der Waals surface area contributed by atoms with E-state index in [9.17, 15) is 0 Å². The summed E-state index contributed by atoms with van der Waals surface area (Å²) in [6, 6.07) is 0.0195. The molecule has 1 atom stereocenters. The molecule has 0 spiro atoms. The van der Waals surface area contributed by atoms with Gasteiger partial charge in [-0.05, 0) is 13.5 Å². The van der Waals surface area contributed by atoms with E-state index >= 15 is 0 Å². The Bertz CT molecular complexity index is 557. The van der Waals surface area contributed by atoms with Crippen LogP contribution in [0.3, 0.4) is 0 Å². The van der Waals surface area contributed by atoms with Gasteiger partial charge in [0.2, 0.25) is 0 Å². The van der Waals surface area contributed by atoms with Crippen LogP contribution >= 0.6 is 0 Å². The molecule has 2 aromatic rings. The summed E-state index contributed by atoms with van der Waals surface area (Å²) in [7, 11) is 7.46. The zero-order chi connectivity index (χ0) is 14.0. The van der Waals surface area contributed by atoms with Crippen LogP contribution in [0, 0.1) is 0 Å². The average Bonchev–Trinajstić information content (AvgIpc) is 2.95. The molecule has 0 aliphatic rings. The second kappa shape index (κ2) is 5.44. The van der Waals surface area contributed by atoms with Gasteiger partial charge >= 0.3 is 0 Å².